The summed E-state index contributed by atoms with van der Waals surface area (Å²) in [5.41, 5.74) is 0.966. The summed E-state index contributed by atoms with van der Waals surface area (Å²) in [5.74, 6) is 0.750. The molecule has 0 bridgehead atoms. The van der Waals surface area contributed by atoms with Crippen molar-refractivity contribution in [3.05, 3.63) is 65.2 Å². The zero-order valence-electron chi connectivity index (χ0n) is 12.0. The summed E-state index contributed by atoms with van der Waals surface area (Å²) in [5, 5.41) is 3.77. The summed E-state index contributed by atoms with van der Waals surface area (Å²) in [6.45, 7) is 0. The first-order valence-electron chi connectivity index (χ1n) is 6.69. The average molecular weight is 386 g/mol. The van der Waals surface area contributed by atoms with Crippen LogP contribution in [0.15, 0.2) is 53.7 Å². The molecule has 2 aromatic carbocycles. The van der Waals surface area contributed by atoms with E-state index in [0.717, 1.165) is 28.1 Å². The molecule has 0 N–H and O–H groups in total. The van der Waals surface area contributed by atoms with E-state index in [1.54, 1.807) is 7.11 Å². The Kier molecular flexibility index (Phi) is 4.33. The van der Waals surface area contributed by atoms with Crippen LogP contribution >= 0.6 is 0 Å². The van der Waals surface area contributed by atoms with Crippen molar-refractivity contribution in [2.24, 2.45) is 5.16 Å². The van der Waals surface area contributed by atoms with Gasteiger partial charge in [0.05, 0.1) is 0 Å². The van der Waals surface area contributed by atoms with Crippen LogP contribution in [-0.2, 0) is 11.0 Å². The second-order valence-corrected chi connectivity index (χ2v) is 7.00. The molecule has 1 atom stereocenters. The van der Waals surface area contributed by atoms with Crippen LogP contribution in [0, 0.1) is 0 Å². The molecule has 0 aromatic heterocycles. The third kappa shape index (κ3) is 3.51. The number of nitrogens with zero attached hydrogens (tertiary/aromatic N) is 1. The predicted molar refractivity (Wildman–Crippen MR) is 80.6 cm³/mol. The van der Waals surface area contributed by atoms with E-state index in [-0.39, 0.29) is 20.0 Å². The van der Waals surface area contributed by atoms with E-state index in [1.165, 1.54) is 12.1 Å². The molecule has 7 heteroatoms. The van der Waals surface area contributed by atoms with Crippen LogP contribution in [0.25, 0.3) is 0 Å². The fourth-order valence-electron chi connectivity index (χ4n) is 2.05. The summed E-state index contributed by atoms with van der Waals surface area (Å²) in [6, 6.07) is 12.5. The minimum atomic E-state index is -4.33. The summed E-state index contributed by atoms with van der Waals surface area (Å²) < 4.78 is 43.7. The molecule has 2 aromatic rings. The molecule has 0 amide bonds. The number of halogens is 3. The summed E-state index contributed by atoms with van der Waals surface area (Å²) in [6.07, 6.45) is -4.33. The molecule has 23 heavy (non-hydrogen) atoms. The average Bonchev–Trinajstić information content (AvgIpc) is 3.04. The number of rotatable bonds is 3. The van der Waals surface area contributed by atoms with E-state index in [0.29, 0.717) is 5.56 Å². The molecule has 1 aliphatic heterocycles. The summed E-state index contributed by atoms with van der Waals surface area (Å²) in [7, 11) is 1.59. The Bertz CT molecular complexity index is 712. The third-order valence-corrected chi connectivity index (χ3v) is 5.62. The molecule has 1 aliphatic rings. The number of ether oxygens (including phenoxy) is 1. The maximum absolute atomic E-state index is 12.6. The third-order valence-electron chi connectivity index (χ3n) is 3.30. The van der Waals surface area contributed by atoms with E-state index >= 15 is 0 Å². The van der Waals surface area contributed by atoms with Gasteiger partial charge in [0, 0.05) is 0 Å². The quantitative estimate of drug-likeness (QED) is 0.752. The van der Waals surface area contributed by atoms with Crippen molar-refractivity contribution in [2.45, 2.75) is 11.2 Å². The van der Waals surface area contributed by atoms with Gasteiger partial charge < -0.3 is 0 Å². The van der Waals surface area contributed by atoms with Gasteiger partial charge in [0.25, 0.3) is 0 Å². The van der Waals surface area contributed by atoms with Gasteiger partial charge in [-0.1, -0.05) is 0 Å². The van der Waals surface area contributed by atoms with Crippen molar-refractivity contribution in [1.29, 1.82) is 0 Å². The van der Waals surface area contributed by atoms with E-state index in [4.69, 9.17) is 9.57 Å². The van der Waals surface area contributed by atoms with E-state index in [2.05, 4.69) is 5.16 Å². The normalized spacial score (nSPS) is 17.6. The Morgan fingerprint density at radius 2 is 1.70 bits per heavy atom. The SMILES string of the molecule is COc1ccc(C2=NOC(c3ccc(C(F)(F)F)cc3)[Se]2)cc1. The fourth-order valence-corrected chi connectivity index (χ4v) is 4.03. The Balaban J connectivity index is 1.71. The fraction of sp³-hybridized carbons (Fsp3) is 0.188. The molecule has 1 heterocycles. The zero-order chi connectivity index (χ0) is 16.4. The van der Waals surface area contributed by atoms with Gasteiger partial charge >= 0.3 is 137 Å². The first kappa shape index (κ1) is 15.9. The number of methoxy groups -OCH3 is 1. The van der Waals surface area contributed by atoms with Crippen molar-refractivity contribution in [3.63, 3.8) is 0 Å². The molecular formula is C16H12F3NO2Se. The maximum atomic E-state index is 12.6. The molecule has 120 valence electrons. The van der Waals surface area contributed by atoms with Crippen LogP contribution < -0.4 is 4.74 Å². The molecule has 0 saturated carbocycles. The van der Waals surface area contributed by atoms with Crippen molar-refractivity contribution in [1.82, 2.24) is 0 Å². The van der Waals surface area contributed by atoms with Gasteiger partial charge in [-0.25, -0.2) is 0 Å². The summed E-state index contributed by atoms with van der Waals surface area (Å²) in [4.78, 5) is 5.39. The Labute approximate surface area is 137 Å². The van der Waals surface area contributed by atoms with Crippen LogP contribution in [-0.4, -0.2) is 26.7 Å². The van der Waals surface area contributed by atoms with Crippen molar-refractivity contribution in [3.8, 4) is 5.75 Å². The van der Waals surface area contributed by atoms with Gasteiger partial charge in [-0.15, -0.1) is 0 Å². The topological polar surface area (TPSA) is 30.8 Å². The Hall–Kier alpha value is -1.98. The molecule has 0 aliphatic carbocycles. The van der Waals surface area contributed by atoms with Gasteiger partial charge in [-0.05, 0) is 0 Å². The van der Waals surface area contributed by atoms with Crippen LogP contribution in [0.3, 0.4) is 0 Å². The van der Waals surface area contributed by atoms with Crippen LogP contribution in [0.2, 0.25) is 0 Å². The monoisotopic (exact) mass is 387 g/mol. The number of hydrogen-bond acceptors (Lipinski definition) is 3. The zero-order valence-corrected chi connectivity index (χ0v) is 13.7. The molecular weight excluding hydrogens is 374 g/mol. The Morgan fingerprint density at radius 1 is 1.04 bits per heavy atom. The minimum absolute atomic E-state index is 0.117. The van der Waals surface area contributed by atoms with Gasteiger partial charge in [0.15, 0.2) is 0 Å². The molecule has 0 saturated heterocycles. The second kappa shape index (κ2) is 6.26. The molecule has 0 fully saturated rings. The van der Waals surface area contributed by atoms with Crippen molar-refractivity contribution < 1.29 is 22.7 Å². The molecule has 3 rings (SSSR count). The molecule has 3 nitrogen and oxygen atoms in total. The van der Waals surface area contributed by atoms with Crippen LogP contribution in [0.4, 0.5) is 13.2 Å². The number of hydrogen-bond donors (Lipinski definition) is 0. The van der Waals surface area contributed by atoms with Crippen LogP contribution in [0.1, 0.15) is 21.7 Å². The van der Waals surface area contributed by atoms with E-state index in [9.17, 15) is 13.2 Å². The van der Waals surface area contributed by atoms with Gasteiger partial charge in [0.2, 0.25) is 0 Å². The molecule has 0 radical (unpaired) electrons. The number of oxime groups is 1. The molecule has 1 unspecified atom stereocenters. The van der Waals surface area contributed by atoms with E-state index in [1.807, 2.05) is 24.3 Å². The van der Waals surface area contributed by atoms with Crippen molar-refractivity contribution in [2.75, 3.05) is 7.11 Å². The van der Waals surface area contributed by atoms with Crippen molar-refractivity contribution >= 4 is 19.6 Å². The van der Waals surface area contributed by atoms with Gasteiger partial charge in [0.1, 0.15) is 0 Å². The Morgan fingerprint density at radius 3 is 2.26 bits per heavy atom. The van der Waals surface area contributed by atoms with Gasteiger partial charge in [-0.3, -0.25) is 0 Å². The van der Waals surface area contributed by atoms with Gasteiger partial charge in [-0.2, -0.15) is 0 Å². The standard InChI is InChI=1S/C16H12F3NO2Se/c1-21-13-8-4-10(5-9-13)14-20-22-15(23-14)11-2-6-12(7-3-11)16(17,18)19/h2-9,15H,1H3. The second-order valence-electron chi connectivity index (χ2n) is 4.80. The van der Waals surface area contributed by atoms with Crippen LogP contribution in [0.5, 0.6) is 5.75 Å². The molecule has 0 spiro atoms. The first-order chi connectivity index (χ1) is 11.0. The first-order valence-corrected chi connectivity index (χ1v) is 8.54. The number of benzene rings is 2. The number of alkyl halides is 3. The predicted octanol–water partition coefficient (Wildman–Crippen LogP) is 3.81. The van der Waals surface area contributed by atoms with E-state index < -0.39 is 11.7 Å². The summed E-state index contributed by atoms with van der Waals surface area (Å²) >= 11 is -0.117.